The molecule has 0 aliphatic carbocycles. The second kappa shape index (κ2) is 8.95. The molecule has 0 saturated heterocycles. The van der Waals surface area contributed by atoms with E-state index in [2.05, 4.69) is 6.58 Å². The number of benzene rings is 3. The zero-order valence-corrected chi connectivity index (χ0v) is 15.9. The third kappa shape index (κ3) is 4.43. The van der Waals surface area contributed by atoms with E-state index in [4.69, 9.17) is 0 Å². The maximum Gasteiger partial charge on any atom is 0.338 e. The van der Waals surface area contributed by atoms with Crippen LogP contribution in [0.4, 0.5) is 17.6 Å². The van der Waals surface area contributed by atoms with Gasteiger partial charge in [-0.1, -0.05) is 36.4 Å². The van der Waals surface area contributed by atoms with Gasteiger partial charge in [-0.25, -0.2) is 22.4 Å². The van der Waals surface area contributed by atoms with Crippen LogP contribution in [-0.4, -0.2) is 11.1 Å². The molecule has 30 heavy (non-hydrogen) atoms. The number of hydrogen-bond acceptors (Lipinski definition) is 1. The molecule has 0 radical (unpaired) electrons. The molecule has 0 saturated carbocycles. The Labute approximate surface area is 171 Å². The Bertz CT molecular complexity index is 1080. The highest BCUT2D eigenvalue weighted by molar-refractivity contribution is 5.90. The molecule has 3 aromatic rings. The SMILES string of the molecule is C=CCc1ccc(CCc2ccc(C(=O)O)c(F)c2-c2cc(F)c(F)c(F)c2)cc1. The fourth-order valence-electron chi connectivity index (χ4n) is 3.29. The predicted octanol–water partition coefficient (Wildman–Crippen LogP) is 6.12. The summed E-state index contributed by atoms with van der Waals surface area (Å²) in [4.78, 5) is 11.3. The summed E-state index contributed by atoms with van der Waals surface area (Å²) in [5.74, 6) is -7.26. The van der Waals surface area contributed by atoms with Crippen LogP contribution in [0.25, 0.3) is 11.1 Å². The maximum absolute atomic E-state index is 15.0. The second-order valence-corrected chi connectivity index (χ2v) is 6.83. The number of halogens is 4. The Morgan fingerprint density at radius 1 is 0.867 bits per heavy atom. The average Bonchev–Trinajstić information content (AvgIpc) is 2.71. The summed E-state index contributed by atoms with van der Waals surface area (Å²) in [6.45, 7) is 3.68. The maximum atomic E-state index is 15.0. The number of aryl methyl sites for hydroxylation is 2. The van der Waals surface area contributed by atoms with Gasteiger partial charge in [-0.15, -0.1) is 6.58 Å². The van der Waals surface area contributed by atoms with Gasteiger partial charge in [-0.2, -0.15) is 0 Å². The van der Waals surface area contributed by atoms with Gasteiger partial charge in [0.1, 0.15) is 5.82 Å². The van der Waals surface area contributed by atoms with E-state index in [0.717, 1.165) is 23.6 Å². The van der Waals surface area contributed by atoms with E-state index in [1.807, 2.05) is 24.3 Å². The lowest BCUT2D eigenvalue weighted by Crippen LogP contribution is -2.06. The van der Waals surface area contributed by atoms with Gasteiger partial charge < -0.3 is 5.11 Å². The summed E-state index contributed by atoms with van der Waals surface area (Å²) >= 11 is 0. The van der Waals surface area contributed by atoms with Crippen molar-refractivity contribution < 1.29 is 27.5 Å². The number of carbonyl (C=O) groups is 1. The van der Waals surface area contributed by atoms with Crippen LogP contribution in [0.1, 0.15) is 27.0 Å². The first-order chi connectivity index (χ1) is 14.3. The van der Waals surface area contributed by atoms with Crippen molar-refractivity contribution in [3.63, 3.8) is 0 Å². The number of allylic oxidation sites excluding steroid dienone is 1. The number of rotatable bonds is 7. The first-order valence-electron chi connectivity index (χ1n) is 9.20. The van der Waals surface area contributed by atoms with Crippen molar-refractivity contribution in [2.45, 2.75) is 19.3 Å². The monoisotopic (exact) mass is 414 g/mol. The summed E-state index contributed by atoms with van der Waals surface area (Å²) in [7, 11) is 0. The topological polar surface area (TPSA) is 37.3 Å². The summed E-state index contributed by atoms with van der Waals surface area (Å²) < 4.78 is 55.8. The van der Waals surface area contributed by atoms with E-state index in [1.54, 1.807) is 6.08 Å². The highest BCUT2D eigenvalue weighted by atomic mass is 19.2. The zero-order chi connectivity index (χ0) is 21.8. The van der Waals surface area contributed by atoms with E-state index in [1.165, 1.54) is 6.07 Å². The van der Waals surface area contributed by atoms with Crippen LogP contribution in [0, 0.1) is 23.3 Å². The quantitative estimate of drug-likeness (QED) is 0.287. The van der Waals surface area contributed by atoms with Crippen LogP contribution >= 0.6 is 0 Å². The van der Waals surface area contributed by atoms with Gasteiger partial charge in [0.2, 0.25) is 0 Å². The molecule has 0 aromatic heterocycles. The molecule has 154 valence electrons. The molecule has 0 unspecified atom stereocenters. The smallest absolute Gasteiger partial charge is 0.338 e. The Kier molecular flexibility index (Phi) is 6.35. The van der Waals surface area contributed by atoms with Crippen LogP contribution < -0.4 is 0 Å². The molecule has 0 aliphatic heterocycles. The molecule has 0 aliphatic rings. The molecular weight excluding hydrogens is 396 g/mol. The lowest BCUT2D eigenvalue weighted by molar-refractivity contribution is 0.0692. The predicted molar refractivity (Wildman–Crippen MR) is 106 cm³/mol. The van der Waals surface area contributed by atoms with E-state index in [9.17, 15) is 27.5 Å². The number of hydrogen-bond donors (Lipinski definition) is 1. The van der Waals surface area contributed by atoms with Gasteiger partial charge in [0.05, 0.1) is 5.56 Å². The molecule has 0 bridgehead atoms. The van der Waals surface area contributed by atoms with Gasteiger partial charge in [0.15, 0.2) is 17.5 Å². The normalized spacial score (nSPS) is 10.8. The summed E-state index contributed by atoms with van der Waals surface area (Å²) in [5.41, 5.74) is 1.25. The van der Waals surface area contributed by atoms with E-state index >= 15 is 0 Å². The molecule has 2 nitrogen and oxygen atoms in total. The molecule has 0 amide bonds. The number of carboxylic acids is 1. The fourth-order valence-corrected chi connectivity index (χ4v) is 3.29. The fraction of sp³-hybridized carbons (Fsp3) is 0.125. The van der Waals surface area contributed by atoms with Crippen LogP contribution in [0.15, 0.2) is 61.2 Å². The summed E-state index contributed by atoms with van der Waals surface area (Å²) in [5, 5.41) is 9.20. The Morgan fingerprint density at radius 3 is 2.03 bits per heavy atom. The molecule has 3 aromatic carbocycles. The molecule has 0 heterocycles. The van der Waals surface area contributed by atoms with E-state index in [0.29, 0.717) is 24.1 Å². The van der Waals surface area contributed by atoms with Gasteiger partial charge in [0, 0.05) is 5.56 Å². The lowest BCUT2D eigenvalue weighted by atomic mass is 9.92. The van der Waals surface area contributed by atoms with Crippen molar-refractivity contribution in [1.29, 1.82) is 0 Å². The Hall–Kier alpha value is -3.41. The van der Waals surface area contributed by atoms with Crippen molar-refractivity contribution in [1.82, 2.24) is 0 Å². The molecule has 3 rings (SSSR count). The molecular formula is C24H18F4O2. The first-order valence-corrected chi connectivity index (χ1v) is 9.20. The Morgan fingerprint density at radius 2 is 1.47 bits per heavy atom. The van der Waals surface area contributed by atoms with E-state index in [-0.39, 0.29) is 17.5 Å². The minimum atomic E-state index is -1.67. The van der Waals surface area contributed by atoms with Crippen LogP contribution in [0.2, 0.25) is 0 Å². The van der Waals surface area contributed by atoms with Crippen molar-refractivity contribution in [2.75, 3.05) is 0 Å². The lowest BCUT2D eigenvalue weighted by Gasteiger charge is -2.14. The first kappa shape index (κ1) is 21.3. The number of carboxylic acid groups (broad SMARTS) is 1. The Balaban J connectivity index is 2.01. The standard InChI is InChI=1S/C24H18F4O2/c1-2-3-14-4-6-15(7-5-14)8-9-16-10-11-18(24(29)30)22(27)21(16)17-12-19(25)23(28)20(26)13-17/h2,4-7,10-13H,1,3,8-9H2,(H,29,30). The minimum Gasteiger partial charge on any atom is -0.478 e. The van der Waals surface area contributed by atoms with Crippen LogP contribution in [-0.2, 0) is 19.3 Å². The van der Waals surface area contributed by atoms with Crippen LogP contribution in [0.3, 0.4) is 0 Å². The van der Waals surface area contributed by atoms with Gasteiger partial charge >= 0.3 is 5.97 Å². The molecule has 1 N–H and O–H groups in total. The molecule has 6 heteroatoms. The van der Waals surface area contributed by atoms with Crippen molar-refractivity contribution in [2.24, 2.45) is 0 Å². The third-order valence-corrected chi connectivity index (χ3v) is 4.82. The van der Waals surface area contributed by atoms with Gasteiger partial charge in [0.25, 0.3) is 0 Å². The summed E-state index contributed by atoms with van der Waals surface area (Å²) in [6.07, 6.45) is 3.29. The average molecular weight is 414 g/mol. The number of aromatic carboxylic acids is 1. The second-order valence-electron chi connectivity index (χ2n) is 6.83. The van der Waals surface area contributed by atoms with Crippen molar-refractivity contribution in [3.8, 4) is 11.1 Å². The molecule has 0 spiro atoms. The minimum absolute atomic E-state index is 0.254. The van der Waals surface area contributed by atoms with Gasteiger partial charge in [-0.05, 0) is 59.7 Å². The molecule has 0 atom stereocenters. The highest BCUT2D eigenvalue weighted by Crippen LogP contribution is 2.32. The van der Waals surface area contributed by atoms with E-state index < -0.39 is 34.8 Å². The zero-order valence-electron chi connectivity index (χ0n) is 15.9. The third-order valence-electron chi connectivity index (χ3n) is 4.82. The highest BCUT2D eigenvalue weighted by Gasteiger charge is 2.21. The van der Waals surface area contributed by atoms with Crippen molar-refractivity contribution >= 4 is 5.97 Å². The largest absolute Gasteiger partial charge is 0.478 e. The summed E-state index contributed by atoms with van der Waals surface area (Å²) in [6, 6.07) is 11.6. The van der Waals surface area contributed by atoms with Crippen LogP contribution in [0.5, 0.6) is 0 Å². The van der Waals surface area contributed by atoms with Gasteiger partial charge in [-0.3, -0.25) is 0 Å². The molecule has 0 fully saturated rings. The van der Waals surface area contributed by atoms with Crippen molar-refractivity contribution in [3.05, 3.63) is 107 Å².